The second kappa shape index (κ2) is 5.55. The Hall–Kier alpha value is -3.03. The fourth-order valence-corrected chi connectivity index (χ4v) is 2.40. The van der Waals surface area contributed by atoms with Crippen LogP contribution < -0.4 is 4.74 Å². The number of aromatic nitrogens is 2. The van der Waals surface area contributed by atoms with Gasteiger partial charge in [0.2, 0.25) is 0 Å². The normalized spacial score (nSPS) is 11.7. The number of hydrogen-bond acceptors (Lipinski definition) is 3. The molecule has 124 valence electrons. The average molecular weight is 336 g/mol. The van der Waals surface area contributed by atoms with Gasteiger partial charge in [-0.1, -0.05) is 6.07 Å². The van der Waals surface area contributed by atoms with Crippen LogP contribution in [0.2, 0.25) is 0 Å². The maximum Gasteiger partial charge on any atom is 0.416 e. The number of carboxylic acid groups (broad SMARTS) is 1. The van der Waals surface area contributed by atoms with Crippen molar-refractivity contribution >= 4 is 17.0 Å². The molecule has 0 spiro atoms. The van der Waals surface area contributed by atoms with Crippen LogP contribution in [-0.2, 0) is 6.18 Å². The third kappa shape index (κ3) is 2.66. The molecule has 0 aliphatic rings. The highest BCUT2D eigenvalue weighted by atomic mass is 19.4. The Balaban J connectivity index is 2.24. The molecule has 24 heavy (non-hydrogen) atoms. The van der Waals surface area contributed by atoms with Crippen molar-refractivity contribution in [1.29, 1.82) is 0 Å². The van der Waals surface area contributed by atoms with Crippen molar-refractivity contribution in [3.8, 4) is 11.7 Å². The van der Waals surface area contributed by atoms with Crippen molar-refractivity contribution in [2.24, 2.45) is 0 Å². The summed E-state index contributed by atoms with van der Waals surface area (Å²) < 4.78 is 45.1. The fraction of sp³-hybridized carbons (Fsp3) is 0.125. The summed E-state index contributed by atoms with van der Waals surface area (Å²) in [4.78, 5) is 15.2. The van der Waals surface area contributed by atoms with Crippen LogP contribution in [0.15, 0.2) is 42.5 Å². The summed E-state index contributed by atoms with van der Waals surface area (Å²) in [6.07, 6.45) is -4.48. The summed E-state index contributed by atoms with van der Waals surface area (Å²) >= 11 is 0. The molecule has 0 atom stereocenters. The zero-order valence-corrected chi connectivity index (χ0v) is 12.3. The number of benzene rings is 2. The molecule has 0 unspecified atom stereocenters. The van der Waals surface area contributed by atoms with Crippen LogP contribution in [0.1, 0.15) is 15.9 Å². The number of alkyl halides is 3. The first-order valence-electron chi connectivity index (χ1n) is 6.78. The highest BCUT2D eigenvalue weighted by molar-refractivity contribution is 5.89. The number of ether oxygens (including phenoxy) is 1. The van der Waals surface area contributed by atoms with Crippen LogP contribution in [0.25, 0.3) is 16.7 Å². The quantitative estimate of drug-likeness (QED) is 0.791. The second-order valence-electron chi connectivity index (χ2n) is 4.99. The summed E-state index contributed by atoms with van der Waals surface area (Å²) in [5.74, 6) is -1.11. The number of hydrogen-bond donors (Lipinski definition) is 1. The molecule has 0 amide bonds. The Kier molecular flexibility index (Phi) is 3.67. The van der Waals surface area contributed by atoms with E-state index < -0.39 is 17.7 Å². The monoisotopic (exact) mass is 336 g/mol. The first-order valence-corrected chi connectivity index (χ1v) is 6.78. The predicted octanol–water partition coefficient (Wildman–Crippen LogP) is 3.75. The van der Waals surface area contributed by atoms with E-state index in [9.17, 15) is 18.0 Å². The van der Waals surface area contributed by atoms with E-state index in [0.717, 1.165) is 12.1 Å². The van der Waals surface area contributed by atoms with Gasteiger partial charge in [-0.15, -0.1) is 0 Å². The van der Waals surface area contributed by atoms with Crippen molar-refractivity contribution in [1.82, 2.24) is 9.55 Å². The summed E-state index contributed by atoms with van der Waals surface area (Å²) in [6, 6.07) is 9.18. The lowest BCUT2D eigenvalue weighted by molar-refractivity contribution is -0.137. The van der Waals surface area contributed by atoms with Crippen molar-refractivity contribution in [2.75, 3.05) is 7.11 Å². The lowest BCUT2D eigenvalue weighted by atomic mass is 10.1. The maximum atomic E-state index is 12.8. The number of fused-ring (bicyclic) bond motifs is 1. The van der Waals surface area contributed by atoms with Crippen LogP contribution >= 0.6 is 0 Å². The number of aromatic carboxylic acids is 1. The molecule has 3 rings (SSSR count). The number of rotatable bonds is 3. The van der Waals surface area contributed by atoms with Gasteiger partial charge < -0.3 is 9.84 Å². The van der Waals surface area contributed by atoms with E-state index in [-0.39, 0.29) is 17.1 Å². The molecule has 5 nitrogen and oxygen atoms in total. The van der Waals surface area contributed by atoms with Gasteiger partial charge in [0.1, 0.15) is 0 Å². The van der Waals surface area contributed by atoms with Crippen LogP contribution in [0.4, 0.5) is 13.2 Å². The van der Waals surface area contributed by atoms with Crippen LogP contribution in [0.5, 0.6) is 6.01 Å². The number of halogens is 3. The number of carbonyl (C=O) groups is 1. The highest BCUT2D eigenvalue weighted by Crippen LogP contribution is 2.33. The first-order chi connectivity index (χ1) is 11.3. The Morgan fingerprint density at radius 3 is 2.58 bits per heavy atom. The minimum absolute atomic E-state index is 0.0447. The molecular weight excluding hydrogens is 325 g/mol. The van der Waals surface area contributed by atoms with Gasteiger partial charge in [0.05, 0.1) is 35.0 Å². The zero-order valence-electron chi connectivity index (χ0n) is 12.3. The lowest BCUT2D eigenvalue weighted by Gasteiger charge is -2.09. The molecule has 8 heteroatoms. The molecule has 0 aliphatic heterocycles. The molecule has 0 saturated heterocycles. The third-order valence-corrected chi connectivity index (χ3v) is 3.48. The Bertz CT molecular complexity index is 932. The minimum atomic E-state index is -4.48. The van der Waals surface area contributed by atoms with E-state index in [1.165, 1.54) is 35.9 Å². The number of methoxy groups -OCH3 is 1. The van der Waals surface area contributed by atoms with Gasteiger partial charge in [0.15, 0.2) is 0 Å². The zero-order chi connectivity index (χ0) is 17.5. The predicted molar refractivity (Wildman–Crippen MR) is 79.6 cm³/mol. The highest BCUT2D eigenvalue weighted by Gasteiger charge is 2.31. The smallest absolute Gasteiger partial charge is 0.416 e. The van der Waals surface area contributed by atoms with E-state index >= 15 is 0 Å². The van der Waals surface area contributed by atoms with Gasteiger partial charge in [-0.2, -0.15) is 18.2 Å². The summed E-state index contributed by atoms with van der Waals surface area (Å²) in [5.41, 5.74) is 0.128. The van der Waals surface area contributed by atoms with Crippen LogP contribution in [-0.4, -0.2) is 27.7 Å². The Labute approximate surface area is 133 Å². The molecule has 0 saturated carbocycles. The minimum Gasteiger partial charge on any atom is -0.478 e. The standard InChI is InChI=1S/C16H11F3N2O3/c1-24-15-20-12-8-10(16(17,18)19)5-6-13(12)21(15)11-4-2-3-9(7-11)14(22)23/h2-8H,1H3,(H,22,23). The van der Waals surface area contributed by atoms with Gasteiger partial charge in [0.25, 0.3) is 0 Å². The van der Waals surface area contributed by atoms with Gasteiger partial charge >= 0.3 is 18.2 Å². The van der Waals surface area contributed by atoms with Crippen molar-refractivity contribution in [2.45, 2.75) is 6.18 Å². The van der Waals surface area contributed by atoms with Gasteiger partial charge in [0, 0.05) is 0 Å². The molecule has 3 aromatic rings. The number of nitrogens with zero attached hydrogens (tertiary/aromatic N) is 2. The molecule has 1 aromatic heterocycles. The van der Waals surface area contributed by atoms with Crippen molar-refractivity contribution < 1.29 is 27.8 Å². The number of imidazole rings is 1. The molecule has 0 fully saturated rings. The largest absolute Gasteiger partial charge is 0.478 e. The van der Waals surface area contributed by atoms with E-state index in [0.29, 0.717) is 11.2 Å². The second-order valence-corrected chi connectivity index (χ2v) is 4.99. The van der Waals surface area contributed by atoms with Crippen molar-refractivity contribution in [3.05, 3.63) is 53.6 Å². The molecular formula is C16H11F3N2O3. The van der Waals surface area contributed by atoms with E-state index in [1.54, 1.807) is 6.07 Å². The topological polar surface area (TPSA) is 64.4 Å². The molecule has 0 aliphatic carbocycles. The van der Waals surface area contributed by atoms with E-state index in [1.807, 2.05) is 0 Å². The summed E-state index contributed by atoms with van der Waals surface area (Å²) in [7, 11) is 1.34. The summed E-state index contributed by atoms with van der Waals surface area (Å²) in [5, 5.41) is 9.09. The Morgan fingerprint density at radius 2 is 1.96 bits per heavy atom. The molecule has 2 aromatic carbocycles. The van der Waals surface area contributed by atoms with Gasteiger partial charge in [-0.05, 0) is 36.4 Å². The van der Waals surface area contributed by atoms with E-state index in [4.69, 9.17) is 9.84 Å². The molecule has 0 bridgehead atoms. The SMILES string of the molecule is COc1nc2cc(C(F)(F)F)ccc2n1-c1cccc(C(=O)O)c1. The van der Waals surface area contributed by atoms with Gasteiger partial charge in [-0.25, -0.2) is 4.79 Å². The van der Waals surface area contributed by atoms with Crippen LogP contribution in [0.3, 0.4) is 0 Å². The third-order valence-electron chi connectivity index (χ3n) is 3.48. The van der Waals surface area contributed by atoms with Gasteiger partial charge in [-0.3, -0.25) is 4.57 Å². The lowest BCUT2D eigenvalue weighted by Crippen LogP contribution is -2.04. The van der Waals surface area contributed by atoms with E-state index in [2.05, 4.69) is 4.98 Å². The number of carboxylic acids is 1. The molecule has 1 heterocycles. The molecule has 0 radical (unpaired) electrons. The van der Waals surface area contributed by atoms with Crippen LogP contribution in [0, 0.1) is 0 Å². The average Bonchev–Trinajstić information content (AvgIpc) is 2.91. The maximum absolute atomic E-state index is 12.8. The fourth-order valence-electron chi connectivity index (χ4n) is 2.40. The van der Waals surface area contributed by atoms with Crippen molar-refractivity contribution in [3.63, 3.8) is 0 Å². The Morgan fingerprint density at radius 1 is 1.21 bits per heavy atom. The molecule has 1 N–H and O–H groups in total. The summed E-state index contributed by atoms with van der Waals surface area (Å²) in [6.45, 7) is 0. The first kappa shape index (κ1) is 15.9.